The van der Waals surface area contributed by atoms with E-state index >= 15 is 0 Å². The Morgan fingerprint density at radius 2 is 1.96 bits per heavy atom. The number of hydrogen-bond acceptors (Lipinski definition) is 6. The first kappa shape index (κ1) is 19.5. The number of methoxy groups -OCH3 is 2. The van der Waals surface area contributed by atoms with Gasteiger partial charge in [0.15, 0.2) is 0 Å². The van der Waals surface area contributed by atoms with Gasteiger partial charge in [0.2, 0.25) is 0 Å². The monoisotopic (exact) mass is 349 g/mol. The van der Waals surface area contributed by atoms with E-state index < -0.39 is 6.10 Å². The van der Waals surface area contributed by atoms with Crippen molar-refractivity contribution in [2.45, 2.75) is 19.3 Å². The number of benzene rings is 1. The van der Waals surface area contributed by atoms with Crippen LogP contribution < -0.4 is 4.74 Å². The predicted octanol–water partition coefficient (Wildman–Crippen LogP) is 2.31. The summed E-state index contributed by atoms with van der Waals surface area (Å²) in [5.74, 6) is 1.58. The molecule has 0 aliphatic carbocycles. The van der Waals surface area contributed by atoms with Crippen LogP contribution in [0.3, 0.4) is 0 Å². The van der Waals surface area contributed by atoms with Gasteiger partial charge >= 0.3 is 0 Å². The van der Waals surface area contributed by atoms with Crippen LogP contribution in [-0.4, -0.2) is 56.6 Å². The first-order valence-electron chi connectivity index (χ1n) is 8.33. The Kier molecular flexibility index (Phi) is 8.48. The average Bonchev–Trinajstić information content (AvgIpc) is 3.13. The predicted molar refractivity (Wildman–Crippen MR) is 94.5 cm³/mol. The van der Waals surface area contributed by atoms with Gasteiger partial charge in [-0.2, -0.15) is 0 Å². The molecule has 2 aromatic rings. The van der Waals surface area contributed by atoms with Gasteiger partial charge in [0, 0.05) is 26.7 Å². The number of furan rings is 1. The quantitative estimate of drug-likeness (QED) is 0.634. The topological polar surface area (TPSA) is 64.3 Å². The van der Waals surface area contributed by atoms with E-state index in [-0.39, 0.29) is 6.61 Å². The van der Waals surface area contributed by atoms with Crippen molar-refractivity contribution in [2.24, 2.45) is 0 Å². The molecule has 0 unspecified atom stereocenters. The minimum atomic E-state index is -0.579. The van der Waals surface area contributed by atoms with Crippen LogP contribution in [-0.2, 0) is 22.6 Å². The molecule has 1 atom stereocenters. The van der Waals surface area contributed by atoms with Gasteiger partial charge in [0.25, 0.3) is 0 Å². The van der Waals surface area contributed by atoms with Crippen LogP contribution in [0.5, 0.6) is 5.75 Å². The van der Waals surface area contributed by atoms with Crippen molar-refractivity contribution in [3.8, 4) is 5.75 Å². The summed E-state index contributed by atoms with van der Waals surface area (Å²) in [6.07, 6.45) is 1.03. The standard InChI is InChI=1S/C19H27NO5/c1-22-11-9-20(12-16-5-7-18(23-2)8-6-16)13-17(21)14-24-15-19-4-3-10-25-19/h3-8,10,17,21H,9,11-15H2,1-2H3/t17-/m1/s1. The second-order valence-electron chi connectivity index (χ2n) is 5.82. The molecule has 2 rings (SSSR count). The molecule has 0 aliphatic rings. The van der Waals surface area contributed by atoms with E-state index in [1.54, 1.807) is 20.5 Å². The van der Waals surface area contributed by atoms with Crippen molar-refractivity contribution in [1.82, 2.24) is 4.90 Å². The molecule has 1 N–H and O–H groups in total. The summed E-state index contributed by atoms with van der Waals surface area (Å²) in [5, 5.41) is 10.2. The molecule has 1 aromatic heterocycles. The Hall–Kier alpha value is -1.86. The van der Waals surface area contributed by atoms with E-state index in [0.717, 1.165) is 30.2 Å². The van der Waals surface area contributed by atoms with Crippen LogP contribution >= 0.6 is 0 Å². The number of ether oxygens (including phenoxy) is 3. The molecular formula is C19H27NO5. The van der Waals surface area contributed by atoms with Gasteiger partial charge in [-0.05, 0) is 29.8 Å². The SMILES string of the molecule is COCCN(Cc1ccc(OC)cc1)C[C@@H](O)COCc1ccco1. The van der Waals surface area contributed by atoms with Gasteiger partial charge in [-0.1, -0.05) is 12.1 Å². The second kappa shape index (κ2) is 10.9. The maximum Gasteiger partial charge on any atom is 0.129 e. The Balaban J connectivity index is 1.80. The summed E-state index contributed by atoms with van der Waals surface area (Å²) in [7, 11) is 3.33. The normalized spacial score (nSPS) is 12.5. The molecular weight excluding hydrogens is 322 g/mol. The molecule has 25 heavy (non-hydrogen) atoms. The molecule has 0 amide bonds. The fourth-order valence-electron chi connectivity index (χ4n) is 2.49. The van der Waals surface area contributed by atoms with Gasteiger partial charge in [-0.15, -0.1) is 0 Å². The molecule has 0 aliphatic heterocycles. The van der Waals surface area contributed by atoms with Crippen LogP contribution in [0.4, 0.5) is 0 Å². The number of aliphatic hydroxyl groups excluding tert-OH is 1. The van der Waals surface area contributed by atoms with E-state index in [1.165, 1.54) is 0 Å². The van der Waals surface area contributed by atoms with Crippen LogP contribution in [0.2, 0.25) is 0 Å². The third-order valence-corrected chi connectivity index (χ3v) is 3.78. The largest absolute Gasteiger partial charge is 0.497 e. The highest BCUT2D eigenvalue weighted by Gasteiger charge is 2.13. The van der Waals surface area contributed by atoms with E-state index in [1.807, 2.05) is 36.4 Å². The van der Waals surface area contributed by atoms with Crippen LogP contribution in [0.1, 0.15) is 11.3 Å². The zero-order chi connectivity index (χ0) is 17.9. The molecule has 0 saturated heterocycles. The Morgan fingerprint density at radius 1 is 1.16 bits per heavy atom. The summed E-state index contributed by atoms with van der Waals surface area (Å²) in [6.45, 7) is 3.19. The van der Waals surface area contributed by atoms with E-state index in [2.05, 4.69) is 4.90 Å². The van der Waals surface area contributed by atoms with Crippen LogP contribution in [0, 0.1) is 0 Å². The fourth-order valence-corrected chi connectivity index (χ4v) is 2.49. The van der Waals surface area contributed by atoms with Crippen molar-refractivity contribution in [1.29, 1.82) is 0 Å². The third-order valence-electron chi connectivity index (χ3n) is 3.78. The Labute approximate surface area is 148 Å². The highest BCUT2D eigenvalue weighted by atomic mass is 16.5. The zero-order valence-corrected chi connectivity index (χ0v) is 14.9. The van der Waals surface area contributed by atoms with Crippen LogP contribution in [0.15, 0.2) is 47.1 Å². The van der Waals surface area contributed by atoms with Crippen LogP contribution in [0.25, 0.3) is 0 Å². The highest BCUT2D eigenvalue weighted by Crippen LogP contribution is 2.13. The summed E-state index contributed by atoms with van der Waals surface area (Å²) < 4.78 is 21.1. The van der Waals surface area contributed by atoms with Crippen molar-refractivity contribution < 1.29 is 23.7 Å². The average molecular weight is 349 g/mol. The lowest BCUT2D eigenvalue weighted by Crippen LogP contribution is -2.36. The number of rotatable bonds is 12. The smallest absolute Gasteiger partial charge is 0.129 e. The van der Waals surface area contributed by atoms with Crippen molar-refractivity contribution in [2.75, 3.05) is 40.5 Å². The molecule has 138 valence electrons. The minimum Gasteiger partial charge on any atom is -0.497 e. The highest BCUT2D eigenvalue weighted by molar-refractivity contribution is 5.27. The van der Waals surface area contributed by atoms with Gasteiger partial charge in [-0.25, -0.2) is 0 Å². The van der Waals surface area contributed by atoms with E-state index in [4.69, 9.17) is 18.6 Å². The lowest BCUT2D eigenvalue weighted by atomic mass is 10.2. The maximum atomic E-state index is 10.2. The number of hydrogen-bond donors (Lipinski definition) is 1. The first-order chi connectivity index (χ1) is 12.2. The molecule has 0 bridgehead atoms. The third kappa shape index (κ3) is 7.27. The van der Waals surface area contributed by atoms with Gasteiger partial charge in [0.1, 0.15) is 18.1 Å². The molecule has 0 spiro atoms. The lowest BCUT2D eigenvalue weighted by molar-refractivity contribution is 0.000485. The molecule has 0 saturated carbocycles. The summed E-state index contributed by atoms with van der Waals surface area (Å²) >= 11 is 0. The van der Waals surface area contributed by atoms with Crippen molar-refractivity contribution in [3.05, 3.63) is 54.0 Å². The summed E-state index contributed by atoms with van der Waals surface area (Å²) in [4.78, 5) is 2.15. The lowest BCUT2D eigenvalue weighted by Gasteiger charge is -2.25. The number of aliphatic hydroxyl groups is 1. The first-order valence-corrected chi connectivity index (χ1v) is 8.33. The second-order valence-corrected chi connectivity index (χ2v) is 5.82. The van der Waals surface area contributed by atoms with Gasteiger partial charge in [-0.3, -0.25) is 4.90 Å². The Morgan fingerprint density at radius 3 is 2.60 bits per heavy atom. The fraction of sp³-hybridized carbons (Fsp3) is 0.474. The molecule has 0 radical (unpaired) electrons. The molecule has 1 heterocycles. The zero-order valence-electron chi connectivity index (χ0n) is 14.9. The van der Waals surface area contributed by atoms with Crippen molar-refractivity contribution in [3.63, 3.8) is 0 Å². The Bertz CT molecular complexity index is 570. The molecule has 6 heteroatoms. The van der Waals surface area contributed by atoms with Gasteiger partial charge < -0.3 is 23.7 Å². The minimum absolute atomic E-state index is 0.257. The summed E-state index contributed by atoms with van der Waals surface area (Å²) in [6, 6.07) is 11.6. The molecule has 6 nitrogen and oxygen atoms in total. The van der Waals surface area contributed by atoms with E-state index in [0.29, 0.717) is 19.8 Å². The van der Waals surface area contributed by atoms with Crippen molar-refractivity contribution >= 4 is 0 Å². The molecule has 1 aromatic carbocycles. The van der Waals surface area contributed by atoms with Gasteiger partial charge in [0.05, 0.1) is 32.7 Å². The maximum absolute atomic E-state index is 10.2. The number of nitrogens with zero attached hydrogens (tertiary/aromatic N) is 1. The molecule has 0 fully saturated rings. The van der Waals surface area contributed by atoms with E-state index in [9.17, 15) is 5.11 Å². The summed E-state index contributed by atoms with van der Waals surface area (Å²) in [5.41, 5.74) is 1.15.